The highest BCUT2D eigenvalue weighted by Gasteiger charge is 2.10. The SMILES string of the molecule is Cc1ccc(C(=O)NNC(=O)Cn2ccc3ccccc32)cc1Br. The van der Waals surface area contributed by atoms with Gasteiger partial charge in [0, 0.05) is 21.7 Å². The molecule has 0 saturated heterocycles. The summed E-state index contributed by atoms with van der Waals surface area (Å²) in [5.74, 6) is -0.655. The predicted octanol–water partition coefficient (Wildman–Crippen LogP) is 3.17. The van der Waals surface area contributed by atoms with Gasteiger partial charge in [0.1, 0.15) is 6.54 Å². The van der Waals surface area contributed by atoms with Gasteiger partial charge < -0.3 is 4.57 Å². The van der Waals surface area contributed by atoms with Crippen LogP contribution in [-0.2, 0) is 11.3 Å². The van der Waals surface area contributed by atoms with Gasteiger partial charge >= 0.3 is 0 Å². The van der Waals surface area contributed by atoms with Crippen LogP contribution in [-0.4, -0.2) is 16.4 Å². The maximum absolute atomic E-state index is 12.1. The second kappa shape index (κ2) is 6.88. The molecule has 0 aliphatic rings. The van der Waals surface area contributed by atoms with Gasteiger partial charge in [-0.2, -0.15) is 0 Å². The molecule has 6 heteroatoms. The number of hydrazine groups is 1. The number of aryl methyl sites for hydroxylation is 1. The number of rotatable bonds is 3. The highest BCUT2D eigenvalue weighted by molar-refractivity contribution is 9.10. The Bertz CT molecular complexity index is 918. The summed E-state index contributed by atoms with van der Waals surface area (Å²) in [6.45, 7) is 2.07. The number of para-hydroxylation sites is 1. The normalized spacial score (nSPS) is 10.6. The topological polar surface area (TPSA) is 63.1 Å². The van der Waals surface area contributed by atoms with Crippen LogP contribution in [0.1, 0.15) is 15.9 Å². The van der Waals surface area contributed by atoms with E-state index in [9.17, 15) is 9.59 Å². The molecule has 3 aromatic rings. The number of nitrogens with zero attached hydrogens (tertiary/aromatic N) is 1. The molecule has 1 heterocycles. The molecule has 0 saturated carbocycles. The number of carbonyl (C=O) groups excluding carboxylic acids is 2. The molecule has 0 atom stereocenters. The number of halogens is 1. The third-order valence-corrected chi connectivity index (χ3v) is 4.60. The number of fused-ring (bicyclic) bond motifs is 1. The zero-order chi connectivity index (χ0) is 17.1. The maximum Gasteiger partial charge on any atom is 0.269 e. The number of benzene rings is 2. The van der Waals surface area contributed by atoms with E-state index in [2.05, 4.69) is 26.8 Å². The van der Waals surface area contributed by atoms with Gasteiger partial charge in [-0.05, 0) is 42.1 Å². The van der Waals surface area contributed by atoms with Crippen molar-refractivity contribution in [1.82, 2.24) is 15.4 Å². The van der Waals surface area contributed by atoms with Crippen LogP contribution in [0.2, 0.25) is 0 Å². The van der Waals surface area contributed by atoms with Crippen molar-refractivity contribution in [1.29, 1.82) is 0 Å². The standard InChI is InChI=1S/C18H16BrN3O2/c1-12-6-7-14(10-15(12)19)18(24)21-20-17(23)11-22-9-8-13-4-2-3-5-16(13)22/h2-10H,11H2,1H3,(H,20,23)(H,21,24). The Morgan fingerprint density at radius 2 is 1.88 bits per heavy atom. The quantitative estimate of drug-likeness (QED) is 0.680. The summed E-state index contributed by atoms with van der Waals surface area (Å²) in [5, 5.41) is 1.07. The fourth-order valence-electron chi connectivity index (χ4n) is 2.41. The molecule has 122 valence electrons. The maximum atomic E-state index is 12.1. The lowest BCUT2D eigenvalue weighted by Gasteiger charge is -2.09. The van der Waals surface area contributed by atoms with Crippen LogP contribution in [0.15, 0.2) is 59.2 Å². The third kappa shape index (κ3) is 3.49. The Morgan fingerprint density at radius 3 is 2.67 bits per heavy atom. The molecule has 0 spiro atoms. The van der Waals surface area contributed by atoms with Crippen molar-refractivity contribution in [2.45, 2.75) is 13.5 Å². The van der Waals surface area contributed by atoms with Crippen molar-refractivity contribution in [2.24, 2.45) is 0 Å². The average molecular weight is 386 g/mol. The first-order chi connectivity index (χ1) is 11.5. The zero-order valence-electron chi connectivity index (χ0n) is 13.0. The minimum absolute atomic E-state index is 0.130. The molecule has 2 aromatic carbocycles. The van der Waals surface area contributed by atoms with Gasteiger partial charge in [0.05, 0.1) is 0 Å². The van der Waals surface area contributed by atoms with Crippen molar-refractivity contribution in [3.8, 4) is 0 Å². The lowest BCUT2D eigenvalue weighted by molar-refractivity contribution is -0.122. The van der Waals surface area contributed by atoms with Gasteiger partial charge in [0.25, 0.3) is 11.8 Å². The molecule has 0 radical (unpaired) electrons. The minimum atomic E-state index is -0.360. The van der Waals surface area contributed by atoms with Gasteiger partial charge in [-0.25, -0.2) is 0 Å². The number of amides is 2. The summed E-state index contributed by atoms with van der Waals surface area (Å²) >= 11 is 3.39. The fourth-order valence-corrected chi connectivity index (χ4v) is 2.78. The molecule has 24 heavy (non-hydrogen) atoms. The number of hydrogen-bond donors (Lipinski definition) is 2. The lowest BCUT2D eigenvalue weighted by Crippen LogP contribution is -2.43. The Hall–Kier alpha value is -2.60. The molecule has 0 aliphatic heterocycles. The largest absolute Gasteiger partial charge is 0.338 e. The second-order valence-corrected chi connectivity index (χ2v) is 6.32. The Labute approximate surface area is 147 Å². The van der Waals surface area contributed by atoms with Crippen molar-refractivity contribution in [3.63, 3.8) is 0 Å². The minimum Gasteiger partial charge on any atom is -0.338 e. The van der Waals surface area contributed by atoms with E-state index in [-0.39, 0.29) is 18.4 Å². The van der Waals surface area contributed by atoms with Crippen molar-refractivity contribution >= 4 is 38.6 Å². The van der Waals surface area contributed by atoms with Crippen molar-refractivity contribution < 1.29 is 9.59 Å². The summed E-state index contributed by atoms with van der Waals surface area (Å²) < 4.78 is 2.68. The Morgan fingerprint density at radius 1 is 1.08 bits per heavy atom. The molecule has 0 aliphatic carbocycles. The monoisotopic (exact) mass is 385 g/mol. The van der Waals surface area contributed by atoms with E-state index in [1.54, 1.807) is 12.1 Å². The number of aromatic nitrogens is 1. The van der Waals surface area contributed by atoms with E-state index in [1.165, 1.54) is 0 Å². The summed E-state index contributed by atoms with van der Waals surface area (Å²) in [5.41, 5.74) is 7.36. The van der Waals surface area contributed by atoms with Crippen LogP contribution in [0.3, 0.4) is 0 Å². The average Bonchev–Trinajstić information content (AvgIpc) is 2.98. The van der Waals surface area contributed by atoms with Gasteiger partial charge in [-0.15, -0.1) is 0 Å². The Kier molecular flexibility index (Phi) is 4.66. The summed E-state index contributed by atoms with van der Waals surface area (Å²) in [7, 11) is 0. The van der Waals surface area contributed by atoms with E-state index < -0.39 is 0 Å². The molecule has 0 bridgehead atoms. The number of hydrogen-bond acceptors (Lipinski definition) is 2. The van der Waals surface area contributed by atoms with E-state index in [1.807, 2.05) is 54.1 Å². The Balaban J connectivity index is 1.61. The lowest BCUT2D eigenvalue weighted by atomic mass is 10.1. The molecular formula is C18H16BrN3O2. The first-order valence-corrected chi connectivity index (χ1v) is 8.23. The number of carbonyl (C=O) groups is 2. The summed E-state index contributed by atoms with van der Waals surface area (Å²) in [6, 6.07) is 15.0. The number of nitrogens with one attached hydrogen (secondary N) is 2. The van der Waals surface area contributed by atoms with Crippen LogP contribution >= 0.6 is 15.9 Å². The first kappa shape index (κ1) is 16.3. The molecular weight excluding hydrogens is 370 g/mol. The smallest absolute Gasteiger partial charge is 0.269 e. The molecule has 1 aromatic heterocycles. The van der Waals surface area contributed by atoms with E-state index in [4.69, 9.17) is 0 Å². The molecule has 2 N–H and O–H groups in total. The van der Waals surface area contributed by atoms with Crippen molar-refractivity contribution in [2.75, 3.05) is 0 Å². The second-order valence-electron chi connectivity index (χ2n) is 5.47. The third-order valence-electron chi connectivity index (χ3n) is 3.74. The van der Waals surface area contributed by atoms with Crippen LogP contribution in [0.25, 0.3) is 10.9 Å². The highest BCUT2D eigenvalue weighted by atomic mass is 79.9. The van der Waals surface area contributed by atoms with E-state index >= 15 is 0 Å². The molecule has 2 amide bonds. The molecule has 0 unspecified atom stereocenters. The summed E-state index contributed by atoms with van der Waals surface area (Å²) in [6.07, 6.45) is 1.85. The van der Waals surface area contributed by atoms with Crippen LogP contribution in [0.4, 0.5) is 0 Å². The van der Waals surface area contributed by atoms with Gasteiger partial charge in [0.15, 0.2) is 0 Å². The van der Waals surface area contributed by atoms with Crippen LogP contribution in [0.5, 0.6) is 0 Å². The van der Waals surface area contributed by atoms with Crippen LogP contribution in [0, 0.1) is 6.92 Å². The predicted molar refractivity (Wildman–Crippen MR) is 96.4 cm³/mol. The summed E-state index contributed by atoms with van der Waals surface area (Å²) in [4.78, 5) is 24.1. The van der Waals surface area contributed by atoms with Gasteiger partial charge in [0.2, 0.25) is 0 Å². The van der Waals surface area contributed by atoms with Crippen molar-refractivity contribution in [3.05, 3.63) is 70.3 Å². The molecule has 0 fully saturated rings. The fraction of sp³-hybridized carbons (Fsp3) is 0.111. The van der Waals surface area contributed by atoms with Gasteiger partial charge in [-0.1, -0.05) is 40.2 Å². The van der Waals surface area contributed by atoms with Crippen LogP contribution < -0.4 is 10.9 Å². The van der Waals surface area contributed by atoms with E-state index in [0.717, 1.165) is 20.9 Å². The molecule has 5 nitrogen and oxygen atoms in total. The van der Waals surface area contributed by atoms with Gasteiger partial charge in [-0.3, -0.25) is 20.4 Å². The van der Waals surface area contributed by atoms with E-state index in [0.29, 0.717) is 5.56 Å². The first-order valence-electron chi connectivity index (χ1n) is 7.44. The zero-order valence-corrected chi connectivity index (χ0v) is 14.6. The highest BCUT2D eigenvalue weighted by Crippen LogP contribution is 2.17. The molecule has 3 rings (SSSR count).